The molecule has 4 heteroatoms. The highest BCUT2D eigenvalue weighted by Gasteiger charge is 2.21. The van der Waals surface area contributed by atoms with Crippen LogP contribution in [-0.4, -0.2) is 15.0 Å². The summed E-state index contributed by atoms with van der Waals surface area (Å²) in [5, 5.41) is 7.09. The van der Waals surface area contributed by atoms with Crippen LogP contribution in [0.15, 0.2) is 168 Å². The molecule has 49 heavy (non-hydrogen) atoms. The Bertz CT molecular complexity index is 3120. The monoisotopic (exact) mass is 629 g/mol. The van der Waals surface area contributed by atoms with Crippen LogP contribution in [0.4, 0.5) is 0 Å². The molecular weight excluding hydrogens is 599 g/mol. The summed E-state index contributed by atoms with van der Waals surface area (Å²) in [4.78, 5) is 15.3. The summed E-state index contributed by atoms with van der Waals surface area (Å²) in [6.45, 7) is 0. The average molecular weight is 630 g/mol. The van der Waals surface area contributed by atoms with Crippen molar-refractivity contribution in [3.05, 3.63) is 164 Å². The fourth-order valence-electron chi connectivity index (χ4n) is 6.81. The quantitative estimate of drug-likeness (QED) is 0.182. The number of hydrogen-bond acceptors (Lipinski definition) is 4. The Labute approximate surface area is 287 Å². The van der Waals surface area contributed by atoms with E-state index in [0.717, 1.165) is 43.4 Å². The Hall–Kier alpha value is -6.65. The Kier molecular flexibility index (Phi) is 5.29. The highest BCUT2D eigenvalue weighted by molar-refractivity contribution is 6.15. The van der Waals surface area contributed by atoms with Gasteiger partial charge in [-0.15, -0.1) is 0 Å². The van der Waals surface area contributed by atoms with Crippen molar-refractivity contribution < 1.29 is 9.90 Å². The number of para-hydroxylation sites is 1. The SMILES string of the molecule is [2H]c1cc([2H])c2oc3c([2H])c(-c4ccc5ccccc5c4)c([2H])c(-c4nc(-c5ccccc5)nc(-c5cc6ccccc6c6ccccc56)n4)c3c2c1. The van der Waals surface area contributed by atoms with Crippen LogP contribution in [0.2, 0.25) is 0 Å². The van der Waals surface area contributed by atoms with Gasteiger partial charge in [0.15, 0.2) is 17.5 Å². The van der Waals surface area contributed by atoms with Crippen molar-refractivity contribution in [2.75, 3.05) is 0 Å². The molecule has 2 aromatic heterocycles. The zero-order chi connectivity index (χ0) is 35.8. The molecule has 0 fully saturated rings. The number of fused-ring (bicyclic) bond motifs is 7. The van der Waals surface area contributed by atoms with Crippen molar-refractivity contribution >= 4 is 54.3 Å². The number of rotatable bonds is 4. The number of aromatic nitrogens is 3. The van der Waals surface area contributed by atoms with Crippen molar-refractivity contribution in [3.63, 3.8) is 0 Å². The molecule has 0 aliphatic rings. The molecule has 0 bridgehead atoms. The Morgan fingerprint density at radius 3 is 1.98 bits per heavy atom. The molecule has 0 saturated heterocycles. The zero-order valence-electron chi connectivity index (χ0n) is 30.0. The summed E-state index contributed by atoms with van der Waals surface area (Å²) in [6, 6.07) is 45.3. The second-order valence-electron chi connectivity index (χ2n) is 12.1. The molecule has 228 valence electrons. The first-order valence-electron chi connectivity index (χ1n) is 18.1. The summed E-state index contributed by atoms with van der Waals surface area (Å²) < 4.78 is 43.0. The maximum atomic E-state index is 9.91. The molecule has 0 amide bonds. The molecule has 0 aliphatic carbocycles. The largest absolute Gasteiger partial charge is 0.456 e. The minimum atomic E-state index is 0.0178. The van der Waals surface area contributed by atoms with E-state index in [1.807, 2.05) is 97.1 Å². The average Bonchev–Trinajstić information content (AvgIpc) is 3.57. The van der Waals surface area contributed by atoms with Crippen molar-refractivity contribution in [2.45, 2.75) is 0 Å². The van der Waals surface area contributed by atoms with E-state index in [0.29, 0.717) is 39.1 Å². The number of hydrogen-bond donors (Lipinski definition) is 0. The molecule has 2 heterocycles. The predicted octanol–water partition coefficient (Wildman–Crippen LogP) is 11.9. The highest BCUT2D eigenvalue weighted by atomic mass is 16.3. The maximum Gasteiger partial charge on any atom is 0.164 e. The highest BCUT2D eigenvalue weighted by Crippen LogP contribution is 2.41. The van der Waals surface area contributed by atoms with Crippen LogP contribution in [-0.2, 0) is 0 Å². The van der Waals surface area contributed by atoms with Crippen molar-refractivity contribution in [1.82, 2.24) is 15.0 Å². The molecular formula is C45H27N3O. The van der Waals surface area contributed by atoms with Gasteiger partial charge in [0.1, 0.15) is 11.2 Å². The van der Waals surface area contributed by atoms with Crippen LogP contribution in [0, 0.1) is 0 Å². The molecule has 10 aromatic rings. The topological polar surface area (TPSA) is 51.8 Å². The Morgan fingerprint density at radius 1 is 0.429 bits per heavy atom. The van der Waals surface area contributed by atoms with E-state index in [2.05, 4.69) is 30.3 Å². The first kappa shape index (κ1) is 23.6. The van der Waals surface area contributed by atoms with Crippen molar-refractivity contribution in [1.29, 1.82) is 0 Å². The molecule has 0 atom stereocenters. The number of benzene rings is 8. The van der Waals surface area contributed by atoms with E-state index in [9.17, 15) is 2.74 Å². The van der Waals surface area contributed by atoms with Gasteiger partial charge < -0.3 is 4.42 Å². The lowest BCUT2D eigenvalue weighted by Crippen LogP contribution is -2.01. The molecule has 0 aliphatic heterocycles. The van der Waals surface area contributed by atoms with Crippen molar-refractivity contribution in [2.24, 2.45) is 0 Å². The first-order valence-corrected chi connectivity index (χ1v) is 16.1. The van der Waals surface area contributed by atoms with Gasteiger partial charge in [0.25, 0.3) is 0 Å². The van der Waals surface area contributed by atoms with E-state index in [-0.39, 0.29) is 41.2 Å². The first-order chi connectivity index (χ1) is 25.9. The summed E-state index contributed by atoms with van der Waals surface area (Å²) in [6.07, 6.45) is 0. The van der Waals surface area contributed by atoms with E-state index in [1.165, 1.54) is 6.07 Å². The fraction of sp³-hybridized carbons (Fsp3) is 0. The lowest BCUT2D eigenvalue weighted by Gasteiger charge is -2.13. The third kappa shape index (κ3) is 4.57. The Morgan fingerprint density at radius 2 is 1.12 bits per heavy atom. The third-order valence-corrected chi connectivity index (χ3v) is 9.14. The standard InChI is InChI=1S/C45H27N3O/c1-2-13-29(14-3-1)43-46-44(38-25-32-16-6-7-17-34(32)35-18-8-9-19-36(35)38)48-45(47-43)39-26-33(31-23-22-28-12-4-5-15-30(28)24-31)27-41-42(39)37-20-10-11-21-40(37)49-41/h1-27H/i10D,21D,26D,27D. The van der Waals surface area contributed by atoms with E-state index in [4.69, 9.17) is 22.1 Å². The van der Waals surface area contributed by atoms with Gasteiger partial charge in [-0.05, 0) is 73.7 Å². The minimum absolute atomic E-state index is 0.0178. The van der Waals surface area contributed by atoms with Crippen LogP contribution < -0.4 is 0 Å². The van der Waals surface area contributed by atoms with Gasteiger partial charge >= 0.3 is 0 Å². The van der Waals surface area contributed by atoms with Crippen LogP contribution in [0.1, 0.15) is 5.48 Å². The normalized spacial score (nSPS) is 12.8. The van der Waals surface area contributed by atoms with Crippen LogP contribution >= 0.6 is 0 Å². The zero-order valence-corrected chi connectivity index (χ0v) is 26.0. The molecule has 0 saturated carbocycles. The molecule has 0 unspecified atom stereocenters. The lowest BCUT2D eigenvalue weighted by molar-refractivity contribution is 0.669. The van der Waals surface area contributed by atoms with Gasteiger partial charge in [0.05, 0.1) is 5.48 Å². The maximum absolute atomic E-state index is 9.91. The predicted molar refractivity (Wildman–Crippen MR) is 201 cm³/mol. The molecule has 0 N–H and O–H groups in total. The third-order valence-electron chi connectivity index (χ3n) is 9.14. The van der Waals surface area contributed by atoms with Gasteiger partial charge in [-0.3, -0.25) is 0 Å². The van der Waals surface area contributed by atoms with E-state index < -0.39 is 0 Å². The smallest absolute Gasteiger partial charge is 0.164 e. The molecule has 0 radical (unpaired) electrons. The van der Waals surface area contributed by atoms with E-state index in [1.54, 1.807) is 6.07 Å². The second kappa shape index (κ2) is 11.0. The number of nitrogens with zero attached hydrogens (tertiary/aromatic N) is 3. The molecule has 4 nitrogen and oxygen atoms in total. The summed E-state index contributed by atoms with van der Waals surface area (Å²) in [7, 11) is 0. The van der Waals surface area contributed by atoms with Gasteiger partial charge in [-0.2, -0.15) is 0 Å². The second-order valence-corrected chi connectivity index (χ2v) is 12.1. The molecule has 0 spiro atoms. The van der Waals surface area contributed by atoms with Crippen LogP contribution in [0.3, 0.4) is 0 Å². The lowest BCUT2D eigenvalue weighted by atomic mass is 9.96. The Balaban J connectivity index is 1.35. The minimum Gasteiger partial charge on any atom is -0.456 e. The van der Waals surface area contributed by atoms with Crippen molar-refractivity contribution in [3.8, 4) is 45.3 Å². The molecule has 8 aromatic carbocycles. The summed E-state index contributed by atoms with van der Waals surface area (Å²) in [5.41, 5.74) is 3.40. The van der Waals surface area contributed by atoms with Gasteiger partial charge in [-0.25, -0.2) is 15.0 Å². The molecule has 10 rings (SSSR count). The number of furan rings is 1. The summed E-state index contributed by atoms with van der Waals surface area (Å²) in [5.74, 6) is 1.08. The summed E-state index contributed by atoms with van der Waals surface area (Å²) >= 11 is 0. The fourth-order valence-corrected chi connectivity index (χ4v) is 6.81. The van der Waals surface area contributed by atoms with Gasteiger partial charge in [-0.1, -0.05) is 133 Å². The van der Waals surface area contributed by atoms with Crippen LogP contribution in [0.25, 0.3) is 99.5 Å². The van der Waals surface area contributed by atoms with Crippen LogP contribution in [0.5, 0.6) is 0 Å². The van der Waals surface area contributed by atoms with Gasteiger partial charge in [0, 0.05) is 27.5 Å². The van der Waals surface area contributed by atoms with Gasteiger partial charge in [0.2, 0.25) is 0 Å². The van der Waals surface area contributed by atoms with E-state index >= 15 is 0 Å².